The number of Topliss-reactive ketones (excluding diaryl/α,β-unsaturated/α-hetero) is 1. The zero-order valence-electron chi connectivity index (χ0n) is 21.2. The highest BCUT2D eigenvalue weighted by Crippen LogP contribution is 2.47. The number of aliphatic imine (C=N–C) groups is 1. The topological polar surface area (TPSA) is 94.4 Å². The van der Waals surface area contributed by atoms with Crippen LogP contribution in [0.4, 0.5) is 0 Å². The number of carbonyl (C=O) groups is 2. The summed E-state index contributed by atoms with van der Waals surface area (Å²) in [5.74, 6) is -0.298. The Balaban J connectivity index is 1.73. The molecule has 7 heteroatoms. The number of unbranched alkanes of at least 4 members (excludes halogenated alkanes) is 1. The van der Waals surface area contributed by atoms with Gasteiger partial charge < -0.3 is 19.3 Å². The molecule has 2 aromatic carbocycles. The summed E-state index contributed by atoms with van der Waals surface area (Å²) in [6.45, 7) is 4.20. The van der Waals surface area contributed by atoms with Gasteiger partial charge in [0, 0.05) is 29.3 Å². The minimum atomic E-state index is -0.688. The highest BCUT2D eigenvalue weighted by atomic mass is 16.5. The second-order valence-electron chi connectivity index (χ2n) is 9.32. The van der Waals surface area contributed by atoms with Gasteiger partial charge in [0.1, 0.15) is 11.7 Å². The van der Waals surface area contributed by atoms with E-state index in [1.807, 2.05) is 32.0 Å². The first-order valence-electron chi connectivity index (χ1n) is 12.4. The van der Waals surface area contributed by atoms with E-state index in [4.69, 9.17) is 19.2 Å². The molecule has 1 aliphatic carbocycles. The normalized spacial score (nSPS) is 21.5. The van der Waals surface area contributed by atoms with E-state index in [1.54, 1.807) is 38.5 Å². The molecule has 0 amide bonds. The van der Waals surface area contributed by atoms with E-state index in [1.165, 1.54) is 0 Å². The van der Waals surface area contributed by atoms with Gasteiger partial charge in [-0.15, -0.1) is 0 Å². The summed E-state index contributed by atoms with van der Waals surface area (Å²) in [5, 5.41) is 9.84. The van der Waals surface area contributed by atoms with Crippen molar-refractivity contribution in [1.29, 1.82) is 0 Å². The lowest BCUT2D eigenvalue weighted by molar-refractivity contribution is -0.146. The van der Waals surface area contributed by atoms with Gasteiger partial charge >= 0.3 is 5.97 Å². The van der Waals surface area contributed by atoms with Crippen LogP contribution in [-0.2, 0) is 14.3 Å². The molecule has 0 saturated heterocycles. The van der Waals surface area contributed by atoms with Crippen molar-refractivity contribution in [3.05, 3.63) is 64.9 Å². The molecule has 4 rings (SSSR count). The van der Waals surface area contributed by atoms with Crippen molar-refractivity contribution in [2.75, 3.05) is 20.8 Å². The number of ketones is 1. The van der Waals surface area contributed by atoms with E-state index in [0.717, 1.165) is 24.0 Å². The average Bonchev–Trinajstić information content (AvgIpc) is 2.87. The molecule has 0 saturated carbocycles. The Hall–Kier alpha value is -3.61. The van der Waals surface area contributed by atoms with Crippen LogP contribution in [-0.4, -0.2) is 43.4 Å². The molecule has 0 spiro atoms. The quantitative estimate of drug-likeness (QED) is 0.396. The van der Waals surface area contributed by atoms with E-state index in [9.17, 15) is 14.7 Å². The molecular weight excluding hydrogens is 458 g/mol. The van der Waals surface area contributed by atoms with Crippen LogP contribution in [0.25, 0.3) is 0 Å². The third-order valence-corrected chi connectivity index (χ3v) is 7.02. The highest BCUT2D eigenvalue weighted by molar-refractivity contribution is 6.09. The monoisotopic (exact) mass is 491 g/mol. The van der Waals surface area contributed by atoms with E-state index in [2.05, 4.69) is 0 Å². The first-order valence-corrected chi connectivity index (χ1v) is 12.4. The van der Waals surface area contributed by atoms with Gasteiger partial charge in [-0.1, -0.05) is 31.5 Å². The Morgan fingerprint density at radius 1 is 1.03 bits per heavy atom. The molecule has 0 fully saturated rings. The van der Waals surface area contributed by atoms with Crippen molar-refractivity contribution >= 4 is 17.5 Å². The van der Waals surface area contributed by atoms with Gasteiger partial charge in [-0.25, -0.2) is 0 Å². The van der Waals surface area contributed by atoms with Gasteiger partial charge in [0.05, 0.1) is 20.8 Å². The molecule has 1 heterocycles. The van der Waals surface area contributed by atoms with Crippen LogP contribution in [0.1, 0.15) is 62.5 Å². The SMILES string of the molecule is CCCCOC(=O)C1C(C)=NC2=C(C(=O)C[C@H](c3ccc(OC)c(OC)c3)C2)[C@H]1c1ccc(O)cc1. The van der Waals surface area contributed by atoms with Gasteiger partial charge in [-0.05, 0) is 61.1 Å². The number of allylic oxidation sites excluding steroid dienone is 2. The molecule has 0 bridgehead atoms. The van der Waals surface area contributed by atoms with Crippen LogP contribution >= 0.6 is 0 Å². The Labute approximate surface area is 211 Å². The number of ether oxygens (including phenoxy) is 3. The second-order valence-corrected chi connectivity index (χ2v) is 9.32. The lowest BCUT2D eigenvalue weighted by Gasteiger charge is -2.36. The van der Waals surface area contributed by atoms with Crippen molar-refractivity contribution in [3.63, 3.8) is 0 Å². The number of nitrogens with zero attached hydrogens (tertiary/aromatic N) is 1. The number of hydrogen-bond donors (Lipinski definition) is 1. The molecule has 0 aromatic heterocycles. The number of aromatic hydroxyl groups is 1. The van der Waals surface area contributed by atoms with Crippen molar-refractivity contribution < 1.29 is 28.9 Å². The maximum Gasteiger partial charge on any atom is 0.315 e. The Morgan fingerprint density at radius 3 is 2.39 bits per heavy atom. The van der Waals surface area contributed by atoms with Crippen molar-refractivity contribution in [2.24, 2.45) is 10.9 Å². The van der Waals surface area contributed by atoms with Gasteiger partial charge in [0.25, 0.3) is 0 Å². The smallest absolute Gasteiger partial charge is 0.315 e. The number of benzene rings is 2. The zero-order chi connectivity index (χ0) is 25.8. The van der Waals surface area contributed by atoms with Crippen molar-refractivity contribution in [3.8, 4) is 17.2 Å². The van der Waals surface area contributed by atoms with Crippen LogP contribution in [0.2, 0.25) is 0 Å². The van der Waals surface area contributed by atoms with Gasteiger partial charge in [0.2, 0.25) is 0 Å². The molecule has 190 valence electrons. The molecule has 1 aliphatic heterocycles. The summed E-state index contributed by atoms with van der Waals surface area (Å²) >= 11 is 0. The maximum absolute atomic E-state index is 13.7. The molecule has 1 N–H and O–H groups in total. The summed E-state index contributed by atoms with van der Waals surface area (Å²) in [4.78, 5) is 31.7. The summed E-state index contributed by atoms with van der Waals surface area (Å²) < 4.78 is 16.4. The maximum atomic E-state index is 13.7. The van der Waals surface area contributed by atoms with Crippen LogP contribution in [0.5, 0.6) is 17.2 Å². The van der Waals surface area contributed by atoms with E-state index >= 15 is 0 Å². The molecule has 7 nitrogen and oxygen atoms in total. The van der Waals surface area contributed by atoms with Crippen LogP contribution in [0.15, 0.2) is 58.7 Å². The Morgan fingerprint density at radius 2 is 1.72 bits per heavy atom. The van der Waals surface area contributed by atoms with Gasteiger partial charge in [-0.3, -0.25) is 14.6 Å². The third-order valence-electron chi connectivity index (χ3n) is 7.02. The fourth-order valence-electron chi connectivity index (χ4n) is 5.16. The van der Waals surface area contributed by atoms with Gasteiger partial charge in [0.15, 0.2) is 17.3 Å². The molecule has 3 atom stereocenters. The first kappa shape index (κ1) is 25.5. The molecule has 1 unspecified atom stereocenters. The highest BCUT2D eigenvalue weighted by Gasteiger charge is 2.44. The number of rotatable bonds is 8. The molecule has 36 heavy (non-hydrogen) atoms. The molecule has 2 aliphatic rings. The first-order chi connectivity index (χ1) is 17.4. The standard InChI is InChI=1S/C29H33NO6/c1-5-6-13-36-29(33)26-17(2)30-22-14-20(19-9-12-24(34-3)25(16-19)35-4)15-23(32)28(22)27(26)18-7-10-21(31)11-8-18/h7-12,16,20,26-27,31H,5-6,13-15H2,1-4H3/t20-,26?,27+/m1/s1. The fraction of sp³-hybridized carbons (Fsp3) is 0.414. The number of methoxy groups -OCH3 is 2. The summed E-state index contributed by atoms with van der Waals surface area (Å²) in [6, 6.07) is 12.4. The third kappa shape index (κ3) is 5.01. The molecular formula is C29H33NO6. The van der Waals surface area contributed by atoms with Crippen LogP contribution < -0.4 is 9.47 Å². The summed E-state index contributed by atoms with van der Waals surface area (Å²) in [5.41, 5.74) is 3.67. The lowest BCUT2D eigenvalue weighted by Crippen LogP contribution is -2.38. The van der Waals surface area contributed by atoms with Crippen molar-refractivity contribution in [2.45, 2.75) is 51.4 Å². The van der Waals surface area contributed by atoms with E-state index < -0.39 is 11.8 Å². The Kier molecular flexibility index (Phi) is 7.77. The lowest BCUT2D eigenvalue weighted by atomic mass is 9.69. The number of carbonyl (C=O) groups excluding carboxylic acids is 2. The van der Waals surface area contributed by atoms with E-state index in [-0.39, 0.29) is 23.4 Å². The van der Waals surface area contributed by atoms with Gasteiger partial charge in [-0.2, -0.15) is 0 Å². The number of phenols is 1. The Bertz CT molecular complexity index is 1200. The predicted molar refractivity (Wildman–Crippen MR) is 137 cm³/mol. The average molecular weight is 492 g/mol. The molecule has 2 aromatic rings. The van der Waals surface area contributed by atoms with Crippen molar-refractivity contribution in [1.82, 2.24) is 0 Å². The fourth-order valence-corrected chi connectivity index (χ4v) is 5.16. The zero-order valence-corrected chi connectivity index (χ0v) is 21.2. The van der Waals surface area contributed by atoms with Crippen LogP contribution in [0, 0.1) is 5.92 Å². The largest absolute Gasteiger partial charge is 0.508 e. The number of phenolic OH excluding ortho intramolecular Hbond substituents is 1. The van der Waals surface area contributed by atoms with E-state index in [0.29, 0.717) is 47.9 Å². The van der Waals surface area contributed by atoms with Crippen LogP contribution in [0.3, 0.4) is 0 Å². The summed E-state index contributed by atoms with van der Waals surface area (Å²) in [6.07, 6.45) is 2.56. The second kappa shape index (κ2) is 11.0. The number of hydrogen-bond acceptors (Lipinski definition) is 7. The minimum Gasteiger partial charge on any atom is -0.508 e. The predicted octanol–water partition coefficient (Wildman–Crippen LogP) is 5.33. The molecule has 0 radical (unpaired) electrons. The minimum absolute atomic E-state index is 0.0308. The summed E-state index contributed by atoms with van der Waals surface area (Å²) in [7, 11) is 3.18. The number of esters is 1.